The summed E-state index contributed by atoms with van der Waals surface area (Å²) in [4.78, 5) is 12.9. The van der Waals surface area contributed by atoms with Gasteiger partial charge in [-0.3, -0.25) is 0 Å². The molecule has 2 aromatic heterocycles. The summed E-state index contributed by atoms with van der Waals surface area (Å²) in [6.07, 6.45) is 5.10. The third-order valence-electron chi connectivity index (χ3n) is 3.51. The summed E-state index contributed by atoms with van der Waals surface area (Å²) < 4.78 is 5.98. The van der Waals surface area contributed by atoms with Gasteiger partial charge in [-0.15, -0.1) is 0 Å². The highest BCUT2D eigenvalue weighted by atomic mass is 16.5. The topological polar surface area (TPSA) is 47.9 Å². The SMILES string of the molecule is c1cnc(-c2cccnc2Oc2ccc3ccccc3c2)nc1. The number of pyridine rings is 1. The van der Waals surface area contributed by atoms with Crippen LogP contribution >= 0.6 is 0 Å². The molecule has 4 nitrogen and oxygen atoms in total. The first-order valence-corrected chi connectivity index (χ1v) is 7.29. The first kappa shape index (κ1) is 13.4. The third kappa shape index (κ3) is 2.74. The first-order chi connectivity index (χ1) is 11.4. The molecule has 2 aromatic carbocycles. The lowest BCUT2D eigenvalue weighted by Crippen LogP contribution is -1.94. The molecule has 0 saturated heterocycles. The normalized spacial score (nSPS) is 10.6. The summed E-state index contributed by atoms with van der Waals surface area (Å²) in [6, 6.07) is 19.7. The van der Waals surface area contributed by atoms with Crippen molar-refractivity contribution in [2.24, 2.45) is 0 Å². The van der Waals surface area contributed by atoms with Crippen LogP contribution in [0, 0.1) is 0 Å². The maximum atomic E-state index is 5.98. The fraction of sp³-hybridized carbons (Fsp3) is 0. The van der Waals surface area contributed by atoms with Crippen LogP contribution in [0.1, 0.15) is 0 Å². The Bertz CT molecular complexity index is 955. The Kier molecular flexibility index (Phi) is 3.41. The minimum atomic E-state index is 0.494. The van der Waals surface area contributed by atoms with Gasteiger partial charge < -0.3 is 4.74 Å². The maximum Gasteiger partial charge on any atom is 0.230 e. The average molecular weight is 299 g/mol. The van der Waals surface area contributed by atoms with Gasteiger partial charge >= 0.3 is 0 Å². The number of ether oxygens (including phenoxy) is 1. The molecule has 4 aromatic rings. The van der Waals surface area contributed by atoms with Crippen LogP contribution in [0.5, 0.6) is 11.6 Å². The Morgan fingerprint density at radius 2 is 1.43 bits per heavy atom. The number of benzene rings is 2. The van der Waals surface area contributed by atoms with E-state index in [1.165, 1.54) is 5.39 Å². The summed E-state index contributed by atoms with van der Waals surface area (Å²) in [6.45, 7) is 0. The predicted octanol–water partition coefficient (Wildman–Crippen LogP) is 4.48. The summed E-state index contributed by atoms with van der Waals surface area (Å²) in [7, 11) is 0. The lowest BCUT2D eigenvalue weighted by molar-refractivity contribution is 0.465. The fourth-order valence-corrected chi connectivity index (χ4v) is 2.42. The lowest BCUT2D eigenvalue weighted by Gasteiger charge is -2.09. The average Bonchev–Trinajstić information content (AvgIpc) is 2.63. The number of aromatic nitrogens is 3. The molecule has 4 rings (SSSR count). The molecule has 0 atom stereocenters. The molecule has 110 valence electrons. The molecule has 0 N–H and O–H groups in total. The van der Waals surface area contributed by atoms with E-state index in [-0.39, 0.29) is 0 Å². The molecule has 23 heavy (non-hydrogen) atoms. The van der Waals surface area contributed by atoms with Crippen LogP contribution in [0.25, 0.3) is 22.2 Å². The highest BCUT2D eigenvalue weighted by Gasteiger charge is 2.10. The number of rotatable bonds is 3. The van der Waals surface area contributed by atoms with Crippen LogP contribution in [-0.2, 0) is 0 Å². The molecule has 2 heterocycles. The van der Waals surface area contributed by atoms with E-state index in [1.807, 2.05) is 42.5 Å². The molecular formula is C19H13N3O. The second-order valence-corrected chi connectivity index (χ2v) is 5.04. The van der Waals surface area contributed by atoms with Gasteiger partial charge in [0, 0.05) is 18.6 Å². The van der Waals surface area contributed by atoms with Crippen molar-refractivity contribution in [3.05, 3.63) is 79.3 Å². The van der Waals surface area contributed by atoms with E-state index >= 15 is 0 Å². The van der Waals surface area contributed by atoms with Crippen molar-refractivity contribution in [2.45, 2.75) is 0 Å². The lowest BCUT2D eigenvalue weighted by atomic mass is 10.1. The summed E-state index contributed by atoms with van der Waals surface area (Å²) >= 11 is 0. The second-order valence-electron chi connectivity index (χ2n) is 5.04. The van der Waals surface area contributed by atoms with E-state index in [1.54, 1.807) is 24.7 Å². The van der Waals surface area contributed by atoms with E-state index in [2.05, 4.69) is 27.1 Å². The van der Waals surface area contributed by atoms with Gasteiger partial charge in [0.1, 0.15) is 5.75 Å². The number of hydrogen-bond donors (Lipinski definition) is 0. The Morgan fingerprint density at radius 1 is 0.652 bits per heavy atom. The predicted molar refractivity (Wildman–Crippen MR) is 89.3 cm³/mol. The minimum Gasteiger partial charge on any atom is -0.438 e. The van der Waals surface area contributed by atoms with Gasteiger partial charge in [0.2, 0.25) is 5.88 Å². The minimum absolute atomic E-state index is 0.494. The Labute approximate surface area is 133 Å². The Balaban J connectivity index is 1.73. The highest BCUT2D eigenvalue weighted by molar-refractivity contribution is 5.83. The van der Waals surface area contributed by atoms with Crippen LogP contribution in [0.4, 0.5) is 0 Å². The summed E-state index contributed by atoms with van der Waals surface area (Å²) in [5, 5.41) is 2.30. The third-order valence-corrected chi connectivity index (χ3v) is 3.51. The summed E-state index contributed by atoms with van der Waals surface area (Å²) in [5.74, 6) is 1.82. The molecule has 0 amide bonds. The molecule has 0 aliphatic heterocycles. The largest absolute Gasteiger partial charge is 0.438 e. The van der Waals surface area contributed by atoms with Gasteiger partial charge in [-0.1, -0.05) is 30.3 Å². The van der Waals surface area contributed by atoms with Crippen LogP contribution in [-0.4, -0.2) is 15.0 Å². The van der Waals surface area contributed by atoms with Gasteiger partial charge in [0.05, 0.1) is 5.56 Å². The van der Waals surface area contributed by atoms with Crippen molar-refractivity contribution >= 4 is 10.8 Å². The van der Waals surface area contributed by atoms with Crippen molar-refractivity contribution in [1.82, 2.24) is 15.0 Å². The van der Waals surface area contributed by atoms with Gasteiger partial charge in [0.15, 0.2) is 5.82 Å². The molecule has 0 aliphatic carbocycles. The van der Waals surface area contributed by atoms with Gasteiger partial charge in [-0.2, -0.15) is 0 Å². The van der Waals surface area contributed by atoms with E-state index in [4.69, 9.17) is 4.74 Å². The van der Waals surface area contributed by atoms with Crippen molar-refractivity contribution in [1.29, 1.82) is 0 Å². The van der Waals surface area contributed by atoms with Crippen molar-refractivity contribution in [2.75, 3.05) is 0 Å². The van der Waals surface area contributed by atoms with E-state index in [0.717, 1.165) is 16.7 Å². The number of nitrogens with zero attached hydrogens (tertiary/aromatic N) is 3. The van der Waals surface area contributed by atoms with Crippen LogP contribution in [0.3, 0.4) is 0 Å². The highest BCUT2D eigenvalue weighted by Crippen LogP contribution is 2.30. The molecule has 4 heteroatoms. The van der Waals surface area contributed by atoms with Gasteiger partial charge in [-0.05, 0) is 41.1 Å². The van der Waals surface area contributed by atoms with Crippen molar-refractivity contribution in [3.8, 4) is 23.0 Å². The zero-order valence-corrected chi connectivity index (χ0v) is 12.3. The van der Waals surface area contributed by atoms with Crippen molar-refractivity contribution in [3.63, 3.8) is 0 Å². The molecular weight excluding hydrogens is 286 g/mol. The second kappa shape index (κ2) is 5.85. The zero-order valence-electron chi connectivity index (χ0n) is 12.3. The molecule has 0 spiro atoms. The summed E-state index contributed by atoms with van der Waals surface area (Å²) in [5.41, 5.74) is 0.765. The van der Waals surface area contributed by atoms with E-state index in [0.29, 0.717) is 11.7 Å². The van der Waals surface area contributed by atoms with E-state index < -0.39 is 0 Å². The van der Waals surface area contributed by atoms with Crippen LogP contribution in [0.15, 0.2) is 79.3 Å². The number of hydrogen-bond acceptors (Lipinski definition) is 4. The molecule has 0 radical (unpaired) electrons. The molecule has 0 aliphatic rings. The molecule has 0 fully saturated rings. The van der Waals surface area contributed by atoms with Gasteiger partial charge in [0.25, 0.3) is 0 Å². The van der Waals surface area contributed by atoms with Crippen molar-refractivity contribution < 1.29 is 4.74 Å². The molecule has 0 bridgehead atoms. The van der Waals surface area contributed by atoms with Gasteiger partial charge in [-0.25, -0.2) is 15.0 Å². The first-order valence-electron chi connectivity index (χ1n) is 7.29. The molecule has 0 saturated carbocycles. The fourth-order valence-electron chi connectivity index (χ4n) is 2.42. The zero-order chi connectivity index (χ0) is 15.5. The van der Waals surface area contributed by atoms with Crippen LogP contribution in [0.2, 0.25) is 0 Å². The monoisotopic (exact) mass is 299 g/mol. The number of fused-ring (bicyclic) bond motifs is 1. The molecule has 0 unspecified atom stereocenters. The van der Waals surface area contributed by atoms with Crippen LogP contribution < -0.4 is 4.74 Å². The smallest absolute Gasteiger partial charge is 0.230 e. The standard InChI is InChI=1S/C19H13N3O/c1-2-6-15-13-16(9-8-14(15)5-1)23-19-17(7-3-10-22-19)18-20-11-4-12-21-18/h1-13H. The maximum absolute atomic E-state index is 5.98. The van der Waals surface area contributed by atoms with E-state index in [9.17, 15) is 0 Å². The Morgan fingerprint density at radius 3 is 2.30 bits per heavy atom. The quantitative estimate of drug-likeness (QED) is 0.559. The Hall–Kier alpha value is -3.27.